The molecule has 0 aliphatic rings. The van der Waals surface area contributed by atoms with Crippen molar-refractivity contribution in [2.45, 2.75) is 26.2 Å². The molecule has 0 aliphatic heterocycles. The largest absolute Gasteiger partial charge is 0.336 e. The van der Waals surface area contributed by atoms with Crippen LogP contribution in [0.25, 0.3) is 0 Å². The summed E-state index contributed by atoms with van der Waals surface area (Å²) < 4.78 is 0.969. The number of hydrogen-bond donors (Lipinski definition) is 1. The van der Waals surface area contributed by atoms with Crippen LogP contribution in [0.3, 0.4) is 0 Å². The van der Waals surface area contributed by atoms with E-state index in [1.165, 1.54) is 9.78 Å². The van der Waals surface area contributed by atoms with Gasteiger partial charge in [-0.3, -0.25) is 9.59 Å². The number of benzene rings is 1. The van der Waals surface area contributed by atoms with Crippen molar-refractivity contribution in [1.82, 2.24) is 4.90 Å². The molecule has 2 rings (SSSR count). The van der Waals surface area contributed by atoms with E-state index < -0.39 is 0 Å². The molecule has 1 N–H and O–H groups in total. The summed E-state index contributed by atoms with van der Waals surface area (Å²) in [5.41, 5.74) is 1.74. The summed E-state index contributed by atoms with van der Waals surface area (Å²) in [6.45, 7) is 1.99. The maximum Gasteiger partial charge on any atom is 0.243 e. The monoisotopic (exact) mass is 408 g/mol. The zero-order chi connectivity index (χ0) is 17.5. The molecule has 0 saturated heterocycles. The second-order valence-electron chi connectivity index (χ2n) is 5.69. The van der Waals surface area contributed by atoms with E-state index in [4.69, 9.17) is 0 Å². The molecule has 0 bridgehead atoms. The summed E-state index contributed by atoms with van der Waals surface area (Å²) in [5, 5.41) is 4.89. The van der Waals surface area contributed by atoms with Gasteiger partial charge in [0, 0.05) is 28.5 Å². The molecule has 128 valence electrons. The van der Waals surface area contributed by atoms with E-state index in [2.05, 4.69) is 27.3 Å². The highest BCUT2D eigenvalue weighted by atomic mass is 79.9. The smallest absolute Gasteiger partial charge is 0.243 e. The van der Waals surface area contributed by atoms with Crippen LogP contribution < -0.4 is 5.32 Å². The van der Waals surface area contributed by atoms with Gasteiger partial charge in [0.2, 0.25) is 11.8 Å². The Morgan fingerprint density at radius 2 is 2.08 bits per heavy atom. The number of nitrogens with zero attached hydrogens (tertiary/aromatic N) is 1. The Labute approximate surface area is 155 Å². The first-order valence-corrected chi connectivity index (χ1v) is 9.45. The fraction of sp³-hybridized carbons (Fsp3) is 0.333. The second kappa shape index (κ2) is 8.99. The number of nitrogens with one attached hydrogen (secondary N) is 1. The van der Waals surface area contributed by atoms with Crippen molar-refractivity contribution in [1.29, 1.82) is 0 Å². The van der Waals surface area contributed by atoms with Crippen LogP contribution in [0.1, 0.15) is 23.3 Å². The first-order valence-electron chi connectivity index (χ1n) is 7.78. The molecule has 24 heavy (non-hydrogen) atoms. The van der Waals surface area contributed by atoms with Crippen LogP contribution in [0.5, 0.6) is 0 Å². The van der Waals surface area contributed by atoms with Crippen molar-refractivity contribution in [3.8, 4) is 0 Å². The minimum Gasteiger partial charge on any atom is -0.336 e. The highest BCUT2D eigenvalue weighted by molar-refractivity contribution is 9.10. The van der Waals surface area contributed by atoms with Gasteiger partial charge in [0.1, 0.15) is 0 Å². The zero-order valence-electron chi connectivity index (χ0n) is 13.8. The van der Waals surface area contributed by atoms with Crippen molar-refractivity contribution in [3.05, 3.63) is 50.6 Å². The van der Waals surface area contributed by atoms with Crippen molar-refractivity contribution < 1.29 is 9.59 Å². The third-order valence-corrected chi connectivity index (χ3v) is 5.09. The molecule has 4 nitrogen and oxygen atoms in total. The Morgan fingerprint density at radius 1 is 1.29 bits per heavy atom. The van der Waals surface area contributed by atoms with Crippen molar-refractivity contribution in [2.75, 3.05) is 18.9 Å². The highest BCUT2D eigenvalue weighted by Crippen LogP contribution is 2.20. The number of halogens is 1. The molecule has 0 fully saturated rings. The van der Waals surface area contributed by atoms with E-state index in [0.717, 1.165) is 28.6 Å². The molecule has 0 aliphatic carbocycles. The number of anilines is 1. The molecule has 2 amide bonds. The minimum absolute atomic E-state index is 0.00534. The number of aryl methyl sites for hydroxylation is 2. The summed E-state index contributed by atoms with van der Waals surface area (Å²) in [5.74, 6) is -0.191. The molecule has 0 saturated carbocycles. The van der Waals surface area contributed by atoms with Gasteiger partial charge in [0.05, 0.1) is 6.54 Å². The molecule has 0 unspecified atom stereocenters. The molecule has 0 radical (unpaired) electrons. The predicted octanol–water partition coefficient (Wildman–Crippen LogP) is 4.24. The SMILES string of the molecule is Cc1cc(Br)ccc1NC(=O)CN(C)C(=O)CCCc1cccs1. The lowest BCUT2D eigenvalue weighted by atomic mass is 10.2. The highest BCUT2D eigenvalue weighted by Gasteiger charge is 2.13. The van der Waals surface area contributed by atoms with Gasteiger partial charge in [-0.2, -0.15) is 0 Å². The first kappa shape index (κ1) is 18.7. The lowest BCUT2D eigenvalue weighted by molar-refractivity contribution is -0.133. The molecule has 1 heterocycles. The third kappa shape index (κ3) is 5.76. The number of thiophene rings is 1. The topological polar surface area (TPSA) is 49.4 Å². The van der Waals surface area contributed by atoms with Gasteiger partial charge in [-0.1, -0.05) is 22.0 Å². The van der Waals surface area contributed by atoms with Crippen LogP contribution in [0, 0.1) is 6.92 Å². The van der Waals surface area contributed by atoms with E-state index in [0.29, 0.717) is 6.42 Å². The Balaban J connectivity index is 1.76. The van der Waals surface area contributed by atoms with Gasteiger partial charge in [-0.15, -0.1) is 11.3 Å². The summed E-state index contributed by atoms with van der Waals surface area (Å²) in [4.78, 5) is 27.0. The second-order valence-corrected chi connectivity index (χ2v) is 7.64. The molecule has 1 aromatic carbocycles. The number of likely N-dealkylation sites (N-methyl/N-ethyl adjacent to an activating group) is 1. The Hall–Kier alpha value is -1.66. The molecule has 0 spiro atoms. The Bertz CT molecular complexity index is 701. The first-order chi connectivity index (χ1) is 11.5. The Kier molecular flexibility index (Phi) is 6.99. The van der Waals surface area contributed by atoms with Crippen LogP contribution in [0.15, 0.2) is 40.2 Å². The molecular formula is C18H21BrN2O2S. The molecule has 0 atom stereocenters. The van der Waals surface area contributed by atoms with Gasteiger partial charge >= 0.3 is 0 Å². The minimum atomic E-state index is -0.186. The van der Waals surface area contributed by atoms with E-state index >= 15 is 0 Å². The maximum absolute atomic E-state index is 12.1. The van der Waals surface area contributed by atoms with E-state index in [-0.39, 0.29) is 18.4 Å². The number of carbonyl (C=O) groups is 2. The molecule has 1 aromatic heterocycles. The number of amides is 2. The van der Waals surface area contributed by atoms with Gasteiger partial charge in [-0.05, 0) is 55.0 Å². The van der Waals surface area contributed by atoms with Crippen LogP contribution >= 0.6 is 27.3 Å². The van der Waals surface area contributed by atoms with Gasteiger partial charge in [0.15, 0.2) is 0 Å². The molecule has 2 aromatic rings. The standard InChI is InChI=1S/C18H21BrN2O2S/c1-13-11-14(19)8-9-16(13)20-17(22)12-21(2)18(23)7-3-5-15-6-4-10-24-15/h4,6,8-11H,3,5,7,12H2,1-2H3,(H,20,22). The summed E-state index contributed by atoms with van der Waals surface area (Å²) in [6.07, 6.45) is 2.16. The van der Waals surface area contributed by atoms with E-state index in [1.807, 2.05) is 36.6 Å². The molecular weight excluding hydrogens is 388 g/mol. The molecule has 6 heteroatoms. The van der Waals surface area contributed by atoms with Gasteiger partial charge < -0.3 is 10.2 Å². The number of hydrogen-bond acceptors (Lipinski definition) is 3. The lowest BCUT2D eigenvalue weighted by Gasteiger charge is -2.17. The maximum atomic E-state index is 12.1. The van der Waals surface area contributed by atoms with Crippen LogP contribution in [0.2, 0.25) is 0 Å². The lowest BCUT2D eigenvalue weighted by Crippen LogP contribution is -2.34. The quantitative estimate of drug-likeness (QED) is 0.744. The third-order valence-electron chi connectivity index (χ3n) is 3.66. The number of rotatable bonds is 7. The number of carbonyl (C=O) groups excluding carboxylic acids is 2. The zero-order valence-corrected chi connectivity index (χ0v) is 16.2. The van der Waals surface area contributed by atoms with Gasteiger partial charge in [-0.25, -0.2) is 0 Å². The van der Waals surface area contributed by atoms with Crippen LogP contribution in [-0.2, 0) is 16.0 Å². The fourth-order valence-electron chi connectivity index (χ4n) is 2.32. The van der Waals surface area contributed by atoms with Gasteiger partial charge in [0.25, 0.3) is 0 Å². The predicted molar refractivity (Wildman–Crippen MR) is 102 cm³/mol. The average molecular weight is 409 g/mol. The van der Waals surface area contributed by atoms with Crippen LogP contribution in [-0.4, -0.2) is 30.3 Å². The Morgan fingerprint density at radius 3 is 2.75 bits per heavy atom. The summed E-state index contributed by atoms with van der Waals surface area (Å²) in [7, 11) is 1.67. The van der Waals surface area contributed by atoms with Crippen molar-refractivity contribution in [3.63, 3.8) is 0 Å². The van der Waals surface area contributed by atoms with E-state index in [1.54, 1.807) is 18.4 Å². The summed E-state index contributed by atoms with van der Waals surface area (Å²) in [6, 6.07) is 9.76. The van der Waals surface area contributed by atoms with E-state index in [9.17, 15) is 9.59 Å². The average Bonchev–Trinajstić information content (AvgIpc) is 3.03. The fourth-order valence-corrected chi connectivity index (χ4v) is 3.55. The van der Waals surface area contributed by atoms with Crippen molar-refractivity contribution >= 4 is 44.8 Å². The normalized spacial score (nSPS) is 10.5. The van der Waals surface area contributed by atoms with Crippen molar-refractivity contribution in [2.24, 2.45) is 0 Å². The summed E-state index contributed by atoms with van der Waals surface area (Å²) >= 11 is 5.10. The van der Waals surface area contributed by atoms with Crippen LogP contribution in [0.4, 0.5) is 5.69 Å².